The molecule has 1 atom stereocenters. The van der Waals surface area contributed by atoms with Gasteiger partial charge >= 0.3 is 0 Å². The highest BCUT2D eigenvalue weighted by Crippen LogP contribution is 2.41. The van der Waals surface area contributed by atoms with Gasteiger partial charge in [-0.25, -0.2) is 4.98 Å². The third kappa shape index (κ3) is 4.67. The number of benzene rings is 2. The van der Waals surface area contributed by atoms with Crippen LogP contribution in [0.25, 0.3) is 6.08 Å². The third-order valence-electron chi connectivity index (χ3n) is 4.29. The Bertz CT molecular complexity index is 1090. The van der Waals surface area contributed by atoms with Gasteiger partial charge in [-0.2, -0.15) is 0 Å². The first-order valence-electron chi connectivity index (χ1n) is 9.09. The molecular weight excluding hydrogens is 418 g/mol. The van der Waals surface area contributed by atoms with E-state index >= 15 is 0 Å². The first-order chi connectivity index (χ1) is 14.6. The highest BCUT2D eigenvalue weighted by atomic mass is 32.2. The zero-order chi connectivity index (χ0) is 20.9. The lowest BCUT2D eigenvalue weighted by Gasteiger charge is -2.07. The zero-order valence-corrected chi connectivity index (χ0v) is 17.3. The molecule has 30 heavy (non-hydrogen) atoms. The number of carbonyl (C=O) groups is 2. The Kier molecular flexibility index (Phi) is 6.06. The number of anilines is 1. The van der Waals surface area contributed by atoms with Crippen LogP contribution in [0.15, 0.2) is 71.1 Å². The fraction of sp³-hybridized carbons (Fsp3) is 0.0909. The first-order valence-corrected chi connectivity index (χ1v) is 10.8. The van der Waals surface area contributed by atoms with Gasteiger partial charge in [-0.15, -0.1) is 11.3 Å². The van der Waals surface area contributed by atoms with E-state index in [0.717, 1.165) is 5.56 Å². The molecule has 0 radical (unpaired) electrons. The van der Waals surface area contributed by atoms with Gasteiger partial charge in [-0.3, -0.25) is 15.0 Å². The topological polar surface area (TPSA) is 92.1 Å². The van der Waals surface area contributed by atoms with Gasteiger partial charge in [0.1, 0.15) is 16.7 Å². The highest BCUT2D eigenvalue weighted by Gasteiger charge is 2.38. The molecule has 1 aromatic heterocycles. The van der Waals surface area contributed by atoms with Gasteiger partial charge in [-0.05, 0) is 35.9 Å². The lowest BCUT2D eigenvalue weighted by atomic mass is 10.1. The molecule has 1 saturated heterocycles. The number of ketones is 1. The molecule has 0 spiro atoms. The molecule has 4 rings (SSSR count). The maximum Gasteiger partial charge on any atom is 0.262 e. The minimum atomic E-state index is -0.591. The normalized spacial score (nSPS) is 17.3. The van der Waals surface area contributed by atoms with Crippen LogP contribution in [0.4, 0.5) is 5.69 Å². The van der Waals surface area contributed by atoms with Crippen LogP contribution in [0, 0.1) is 5.41 Å². The van der Waals surface area contributed by atoms with Crippen molar-refractivity contribution in [2.75, 3.05) is 11.9 Å². The van der Waals surface area contributed by atoms with Crippen molar-refractivity contribution >= 4 is 51.6 Å². The van der Waals surface area contributed by atoms with Crippen molar-refractivity contribution in [1.82, 2.24) is 4.98 Å². The highest BCUT2D eigenvalue weighted by molar-refractivity contribution is 8.19. The molecule has 1 fully saturated rings. The number of nitrogens with one attached hydrogen (secondary N) is 2. The smallest absolute Gasteiger partial charge is 0.262 e. The molecule has 3 aromatic rings. The molecule has 2 aromatic carbocycles. The Balaban J connectivity index is 1.36. The maximum atomic E-state index is 12.7. The second kappa shape index (κ2) is 9.06. The van der Waals surface area contributed by atoms with E-state index in [-0.39, 0.29) is 18.3 Å². The number of Topliss-reactive ketones (excluding diaryl/α,β-unsaturated/α-hetero) is 1. The lowest BCUT2D eigenvalue weighted by Crippen LogP contribution is -2.20. The third-order valence-corrected chi connectivity index (χ3v) is 6.13. The van der Waals surface area contributed by atoms with Gasteiger partial charge in [0.15, 0.2) is 12.4 Å². The Hall–Kier alpha value is -3.23. The summed E-state index contributed by atoms with van der Waals surface area (Å²) in [6, 6.07) is 16.3. The van der Waals surface area contributed by atoms with Crippen molar-refractivity contribution in [2.24, 2.45) is 0 Å². The fourth-order valence-electron chi connectivity index (χ4n) is 2.87. The van der Waals surface area contributed by atoms with Crippen LogP contribution in [0.3, 0.4) is 0 Å². The standard InChI is InChI=1S/C22H17N3O3S2/c23-21-19(22-24-10-11-29-22)20(27)17(30-21)12-14-6-8-16(9-7-14)28-13-18(26)25-15-4-2-1-3-5-15/h1-12,19,23H,13H2,(H,25,26)/b17-12-,23-21?/t19-/m0/s1. The molecule has 0 unspecified atom stereocenters. The van der Waals surface area contributed by atoms with Crippen LogP contribution in [-0.4, -0.2) is 28.3 Å². The molecule has 0 saturated carbocycles. The quantitative estimate of drug-likeness (QED) is 0.553. The second-order valence-electron chi connectivity index (χ2n) is 6.41. The van der Waals surface area contributed by atoms with Crippen LogP contribution in [0.1, 0.15) is 16.5 Å². The van der Waals surface area contributed by atoms with E-state index < -0.39 is 5.92 Å². The van der Waals surface area contributed by atoms with Gasteiger partial charge in [0.2, 0.25) is 0 Å². The molecule has 150 valence electrons. The van der Waals surface area contributed by atoms with E-state index in [0.29, 0.717) is 26.4 Å². The Morgan fingerprint density at radius 2 is 1.93 bits per heavy atom. The molecule has 2 N–H and O–H groups in total. The monoisotopic (exact) mass is 435 g/mol. The lowest BCUT2D eigenvalue weighted by molar-refractivity contribution is -0.118. The van der Waals surface area contributed by atoms with E-state index in [2.05, 4.69) is 10.3 Å². The van der Waals surface area contributed by atoms with Crippen LogP contribution in [-0.2, 0) is 9.59 Å². The number of amides is 1. The predicted octanol–water partition coefficient (Wildman–Crippen LogP) is 4.58. The number of para-hydroxylation sites is 1. The summed E-state index contributed by atoms with van der Waals surface area (Å²) in [5.74, 6) is -0.379. The van der Waals surface area contributed by atoms with E-state index in [1.165, 1.54) is 23.1 Å². The summed E-state index contributed by atoms with van der Waals surface area (Å²) in [6.07, 6.45) is 3.41. The number of thiazole rings is 1. The van der Waals surface area contributed by atoms with E-state index in [4.69, 9.17) is 10.1 Å². The molecule has 0 aliphatic carbocycles. The molecule has 0 bridgehead atoms. The number of hydrogen-bond acceptors (Lipinski definition) is 7. The summed E-state index contributed by atoms with van der Waals surface area (Å²) in [7, 11) is 0. The van der Waals surface area contributed by atoms with Gasteiger partial charge in [0, 0.05) is 17.3 Å². The molecule has 1 amide bonds. The largest absolute Gasteiger partial charge is 0.484 e. The first kappa shape index (κ1) is 20.1. The molecule has 6 nitrogen and oxygen atoms in total. The van der Waals surface area contributed by atoms with Gasteiger partial charge in [0.05, 0.1) is 9.95 Å². The number of rotatable bonds is 6. The van der Waals surface area contributed by atoms with E-state index in [9.17, 15) is 9.59 Å². The summed E-state index contributed by atoms with van der Waals surface area (Å²) in [6.45, 7) is -0.101. The minimum Gasteiger partial charge on any atom is -0.484 e. The number of hydrogen-bond donors (Lipinski definition) is 2. The Morgan fingerprint density at radius 3 is 2.63 bits per heavy atom. The average molecular weight is 436 g/mol. The molecule has 8 heteroatoms. The van der Waals surface area contributed by atoms with Crippen molar-refractivity contribution in [3.8, 4) is 5.75 Å². The number of aromatic nitrogens is 1. The molecular formula is C22H17N3O3S2. The van der Waals surface area contributed by atoms with Crippen LogP contribution in [0.2, 0.25) is 0 Å². The SMILES string of the molecule is N=C1S/C(=C\c2ccc(OCC(=O)Nc3ccccc3)cc2)C(=O)[C@@H]1c1nccs1. The van der Waals surface area contributed by atoms with Crippen molar-refractivity contribution in [2.45, 2.75) is 5.92 Å². The summed E-state index contributed by atoms with van der Waals surface area (Å²) in [5.41, 5.74) is 1.54. The summed E-state index contributed by atoms with van der Waals surface area (Å²) in [5, 5.41) is 13.6. The van der Waals surface area contributed by atoms with Crippen molar-refractivity contribution in [3.63, 3.8) is 0 Å². The van der Waals surface area contributed by atoms with Gasteiger partial charge in [-0.1, -0.05) is 42.1 Å². The Morgan fingerprint density at radius 1 is 1.17 bits per heavy atom. The number of carbonyl (C=O) groups excluding carboxylic acids is 2. The number of thioether (sulfide) groups is 1. The second-order valence-corrected chi connectivity index (χ2v) is 8.42. The maximum absolute atomic E-state index is 12.7. The predicted molar refractivity (Wildman–Crippen MR) is 120 cm³/mol. The van der Waals surface area contributed by atoms with Crippen LogP contribution in [0.5, 0.6) is 5.75 Å². The van der Waals surface area contributed by atoms with E-state index in [1.807, 2.05) is 30.3 Å². The number of ether oxygens (including phenoxy) is 1. The van der Waals surface area contributed by atoms with Crippen molar-refractivity contribution in [1.29, 1.82) is 5.41 Å². The number of allylic oxidation sites excluding steroid dienone is 1. The summed E-state index contributed by atoms with van der Waals surface area (Å²) >= 11 is 2.56. The van der Waals surface area contributed by atoms with Crippen molar-refractivity contribution < 1.29 is 14.3 Å². The minimum absolute atomic E-state index is 0.0992. The van der Waals surface area contributed by atoms with Gasteiger partial charge < -0.3 is 10.1 Å². The van der Waals surface area contributed by atoms with Crippen LogP contribution >= 0.6 is 23.1 Å². The Labute approximate surface area is 181 Å². The fourth-order valence-corrected chi connectivity index (χ4v) is 4.68. The molecule has 1 aliphatic heterocycles. The average Bonchev–Trinajstić information content (AvgIpc) is 3.36. The molecule has 1 aliphatic rings. The number of nitrogens with zero attached hydrogens (tertiary/aromatic N) is 1. The zero-order valence-electron chi connectivity index (χ0n) is 15.7. The summed E-state index contributed by atoms with van der Waals surface area (Å²) in [4.78, 5) is 29.4. The summed E-state index contributed by atoms with van der Waals surface area (Å²) < 4.78 is 5.52. The van der Waals surface area contributed by atoms with Crippen LogP contribution < -0.4 is 10.1 Å². The van der Waals surface area contributed by atoms with E-state index in [1.54, 1.807) is 41.9 Å². The van der Waals surface area contributed by atoms with Crippen molar-refractivity contribution in [3.05, 3.63) is 81.7 Å². The molecule has 2 heterocycles. The van der Waals surface area contributed by atoms with Gasteiger partial charge in [0.25, 0.3) is 5.91 Å².